The third kappa shape index (κ3) is 3.06. The minimum Gasteiger partial charge on any atom is -0.430 e. The number of fused-ring (bicyclic) bond motifs is 1. The Hall–Kier alpha value is -3.15. The van der Waals surface area contributed by atoms with E-state index in [-0.39, 0.29) is 11.1 Å². The van der Waals surface area contributed by atoms with Gasteiger partial charge in [0.1, 0.15) is 6.26 Å². The first kappa shape index (κ1) is 14.8. The molecule has 0 aliphatic rings. The second-order valence-corrected chi connectivity index (χ2v) is 5.07. The summed E-state index contributed by atoms with van der Waals surface area (Å²) in [4.78, 5) is 37.4. The first-order valence-electron chi connectivity index (χ1n) is 7.13. The van der Waals surface area contributed by atoms with E-state index in [0.29, 0.717) is 11.2 Å². The zero-order valence-electron chi connectivity index (χ0n) is 12.4. The number of carbonyl (C=O) groups is 1. The van der Waals surface area contributed by atoms with Crippen molar-refractivity contribution in [2.24, 2.45) is 0 Å². The van der Waals surface area contributed by atoms with Gasteiger partial charge in [0.2, 0.25) is 5.56 Å². The lowest BCUT2D eigenvalue weighted by molar-refractivity contribution is 0.102. The Morgan fingerprint density at radius 2 is 2.00 bits per heavy atom. The van der Waals surface area contributed by atoms with Gasteiger partial charge in [-0.05, 0) is 30.2 Å². The summed E-state index contributed by atoms with van der Waals surface area (Å²) in [6.45, 7) is 1.98. The minimum atomic E-state index is -0.517. The molecule has 2 heterocycles. The normalized spacial score (nSPS) is 10.7. The highest BCUT2D eigenvalue weighted by atomic mass is 16.4. The molecule has 2 N–H and O–H groups in total. The van der Waals surface area contributed by atoms with Crippen LogP contribution in [-0.2, 0) is 6.42 Å². The summed E-state index contributed by atoms with van der Waals surface area (Å²) in [6.07, 6.45) is 1.85. The lowest BCUT2D eigenvalue weighted by Crippen LogP contribution is -2.13. The zero-order valence-corrected chi connectivity index (χ0v) is 12.4. The number of rotatable bonds is 3. The molecule has 1 amide bonds. The van der Waals surface area contributed by atoms with Gasteiger partial charge in [-0.2, -0.15) is 0 Å². The van der Waals surface area contributed by atoms with Crippen molar-refractivity contribution in [3.8, 4) is 0 Å². The Balaban J connectivity index is 1.94. The summed E-state index contributed by atoms with van der Waals surface area (Å²) < 4.78 is 4.67. The van der Waals surface area contributed by atoms with E-state index in [1.807, 2.05) is 13.0 Å². The molecule has 0 unspecified atom stereocenters. The lowest BCUT2D eigenvalue weighted by Gasteiger charge is -2.08. The fraction of sp³-hybridized carbons (Fsp3) is 0.118. The summed E-state index contributed by atoms with van der Waals surface area (Å²) in [5, 5.41) is 3.64. The number of benzene rings is 1. The largest absolute Gasteiger partial charge is 0.430 e. The fourth-order valence-corrected chi connectivity index (χ4v) is 2.39. The molecule has 1 aromatic carbocycles. The summed E-state index contributed by atoms with van der Waals surface area (Å²) in [5.74, 6) is -0.401. The highest BCUT2D eigenvalue weighted by Crippen LogP contribution is 2.20. The van der Waals surface area contributed by atoms with Crippen LogP contribution in [-0.4, -0.2) is 10.9 Å². The van der Waals surface area contributed by atoms with Gasteiger partial charge in [-0.15, -0.1) is 0 Å². The van der Waals surface area contributed by atoms with Gasteiger partial charge in [-0.1, -0.05) is 13.0 Å². The van der Waals surface area contributed by atoms with Crippen LogP contribution >= 0.6 is 0 Å². The van der Waals surface area contributed by atoms with Gasteiger partial charge in [0.25, 0.3) is 5.91 Å². The van der Waals surface area contributed by atoms with Crippen LogP contribution in [0.25, 0.3) is 10.9 Å². The first-order chi connectivity index (χ1) is 11.1. The molecule has 23 heavy (non-hydrogen) atoms. The first-order valence-corrected chi connectivity index (χ1v) is 7.13. The highest BCUT2D eigenvalue weighted by Gasteiger charge is 2.09. The van der Waals surface area contributed by atoms with Crippen LogP contribution in [0.4, 0.5) is 5.69 Å². The number of H-pyrrole nitrogens is 1. The smallest absolute Gasteiger partial charge is 0.335 e. The number of nitrogens with one attached hydrogen (secondary N) is 2. The van der Waals surface area contributed by atoms with E-state index < -0.39 is 11.5 Å². The predicted molar refractivity (Wildman–Crippen MR) is 86.9 cm³/mol. The molecular formula is C17H14N2O4. The van der Waals surface area contributed by atoms with E-state index in [9.17, 15) is 14.4 Å². The third-order valence-electron chi connectivity index (χ3n) is 3.53. The van der Waals surface area contributed by atoms with Crippen LogP contribution < -0.4 is 16.5 Å². The van der Waals surface area contributed by atoms with Gasteiger partial charge >= 0.3 is 5.63 Å². The quantitative estimate of drug-likeness (QED) is 0.776. The summed E-state index contributed by atoms with van der Waals surface area (Å²) in [7, 11) is 0. The Morgan fingerprint density at radius 3 is 2.70 bits per heavy atom. The number of aryl methyl sites for hydroxylation is 1. The monoisotopic (exact) mass is 310 g/mol. The predicted octanol–water partition coefficient (Wildman–Crippen LogP) is 2.30. The van der Waals surface area contributed by atoms with E-state index in [1.54, 1.807) is 18.2 Å². The molecule has 0 atom stereocenters. The maximum atomic E-state index is 12.1. The number of amides is 1. The van der Waals surface area contributed by atoms with Crippen LogP contribution in [0.3, 0.4) is 0 Å². The van der Waals surface area contributed by atoms with Crippen molar-refractivity contribution >= 4 is 22.5 Å². The zero-order chi connectivity index (χ0) is 16.4. The highest BCUT2D eigenvalue weighted by molar-refractivity contribution is 6.04. The molecule has 0 saturated heterocycles. The molecule has 0 saturated carbocycles. The number of aromatic amines is 1. The molecule has 3 rings (SSSR count). The molecule has 0 aliphatic heterocycles. The van der Waals surface area contributed by atoms with E-state index in [4.69, 9.17) is 0 Å². The van der Waals surface area contributed by atoms with E-state index in [2.05, 4.69) is 14.7 Å². The maximum Gasteiger partial charge on any atom is 0.335 e. The van der Waals surface area contributed by atoms with Crippen molar-refractivity contribution in [2.75, 3.05) is 5.32 Å². The lowest BCUT2D eigenvalue weighted by atomic mass is 10.1. The van der Waals surface area contributed by atoms with E-state index in [0.717, 1.165) is 23.6 Å². The van der Waals surface area contributed by atoms with Crippen LogP contribution in [0.1, 0.15) is 22.8 Å². The number of pyridine rings is 1. The van der Waals surface area contributed by atoms with Gasteiger partial charge in [0, 0.05) is 23.2 Å². The number of anilines is 1. The van der Waals surface area contributed by atoms with Crippen molar-refractivity contribution < 1.29 is 9.21 Å². The molecule has 116 valence electrons. The SMILES string of the molecule is CCc1cc(=O)[nH]c2cc(NC(=O)c3ccc(=O)oc3)ccc12. The number of hydrogen-bond donors (Lipinski definition) is 2. The number of aromatic nitrogens is 1. The maximum absolute atomic E-state index is 12.1. The molecule has 0 bridgehead atoms. The average Bonchev–Trinajstić information content (AvgIpc) is 2.54. The standard InChI is InChI=1S/C17H14N2O4/c1-2-10-7-15(20)19-14-8-12(4-5-13(10)14)18-17(22)11-3-6-16(21)23-9-11/h3-9H,2H2,1H3,(H,18,22)(H,19,20). The van der Waals surface area contributed by atoms with Crippen molar-refractivity contribution in [2.45, 2.75) is 13.3 Å². The van der Waals surface area contributed by atoms with Crippen molar-refractivity contribution in [1.82, 2.24) is 4.98 Å². The number of carbonyl (C=O) groups excluding carboxylic acids is 1. The Morgan fingerprint density at radius 1 is 1.17 bits per heavy atom. The Bertz CT molecular complexity index is 981. The van der Waals surface area contributed by atoms with E-state index in [1.165, 1.54) is 12.1 Å². The summed E-state index contributed by atoms with van der Waals surface area (Å²) >= 11 is 0. The fourth-order valence-electron chi connectivity index (χ4n) is 2.39. The number of hydrogen-bond acceptors (Lipinski definition) is 4. The van der Waals surface area contributed by atoms with Crippen LogP contribution in [0.5, 0.6) is 0 Å². The molecular weight excluding hydrogens is 296 g/mol. The van der Waals surface area contributed by atoms with Gasteiger partial charge in [0.15, 0.2) is 0 Å². The second-order valence-electron chi connectivity index (χ2n) is 5.07. The van der Waals surface area contributed by atoms with Crippen LogP contribution in [0.15, 0.2) is 56.7 Å². The summed E-state index contributed by atoms with van der Waals surface area (Å²) in [6, 6.07) is 9.46. The van der Waals surface area contributed by atoms with E-state index >= 15 is 0 Å². The molecule has 6 heteroatoms. The molecule has 0 aliphatic carbocycles. The van der Waals surface area contributed by atoms with Crippen LogP contribution in [0, 0.1) is 0 Å². The minimum absolute atomic E-state index is 0.178. The summed E-state index contributed by atoms with van der Waals surface area (Å²) in [5.41, 5.74) is 1.69. The Labute approximate surface area is 130 Å². The molecule has 0 radical (unpaired) electrons. The van der Waals surface area contributed by atoms with Crippen molar-refractivity contribution in [1.29, 1.82) is 0 Å². The molecule has 6 nitrogen and oxygen atoms in total. The second kappa shape index (κ2) is 5.92. The van der Waals surface area contributed by atoms with Gasteiger partial charge in [-0.25, -0.2) is 4.79 Å². The van der Waals surface area contributed by atoms with Crippen LogP contribution in [0.2, 0.25) is 0 Å². The topological polar surface area (TPSA) is 92.2 Å². The molecule has 0 spiro atoms. The third-order valence-corrected chi connectivity index (χ3v) is 3.53. The van der Waals surface area contributed by atoms with Gasteiger partial charge in [0.05, 0.1) is 11.1 Å². The van der Waals surface area contributed by atoms with Gasteiger partial charge < -0.3 is 14.7 Å². The van der Waals surface area contributed by atoms with Crippen molar-refractivity contribution in [3.63, 3.8) is 0 Å². The average molecular weight is 310 g/mol. The van der Waals surface area contributed by atoms with Crippen molar-refractivity contribution in [3.05, 3.63) is 74.6 Å². The molecule has 3 aromatic rings. The Kier molecular flexibility index (Phi) is 3.80. The van der Waals surface area contributed by atoms with Gasteiger partial charge in [-0.3, -0.25) is 9.59 Å². The molecule has 2 aromatic heterocycles. The molecule has 0 fully saturated rings.